The van der Waals surface area contributed by atoms with E-state index in [2.05, 4.69) is 4.98 Å². The van der Waals surface area contributed by atoms with Crippen LogP contribution in [0.4, 0.5) is 0 Å². The average molecular weight is 401 g/mol. The van der Waals surface area contributed by atoms with Crippen molar-refractivity contribution in [2.75, 3.05) is 7.11 Å². The number of fused-ring (bicyclic) bond motifs is 1. The van der Waals surface area contributed by atoms with Gasteiger partial charge in [-0.3, -0.25) is 9.36 Å². The molecule has 2 heterocycles. The molecule has 0 aliphatic heterocycles. The van der Waals surface area contributed by atoms with E-state index in [1.807, 2.05) is 39.0 Å². The number of aliphatic carboxylic acids is 1. The number of carboxylic acid groups (broad SMARTS) is 1. The first kappa shape index (κ1) is 20.1. The molecule has 0 atom stereocenters. The van der Waals surface area contributed by atoms with E-state index in [1.165, 1.54) is 29.8 Å². The van der Waals surface area contributed by atoms with E-state index < -0.39 is 11.5 Å². The molecule has 0 aliphatic rings. The minimum absolute atomic E-state index is 0.318. The van der Waals surface area contributed by atoms with Gasteiger partial charge in [-0.2, -0.15) is 0 Å². The average Bonchev–Trinajstić information content (AvgIpc) is 2.97. The van der Waals surface area contributed by atoms with Crippen molar-refractivity contribution in [2.24, 2.45) is 0 Å². The Bertz CT molecular complexity index is 1140. The Labute approximate surface area is 167 Å². The number of hydrogen-bond acceptors (Lipinski definition) is 5. The van der Waals surface area contributed by atoms with Crippen molar-refractivity contribution in [3.05, 3.63) is 44.8 Å². The molecule has 0 bridgehead atoms. The summed E-state index contributed by atoms with van der Waals surface area (Å²) < 4.78 is 6.66. The predicted molar refractivity (Wildman–Crippen MR) is 112 cm³/mol. The highest BCUT2D eigenvalue weighted by atomic mass is 32.1. The lowest BCUT2D eigenvalue weighted by Gasteiger charge is -2.25. The van der Waals surface area contributed by atoms with Crippen LogP contribution < -0.4 is 10.3 Å². The standard InChI is InChI=1S/C21H24N2O4S/c1-7-15-22-18-17(19(24)23(15)21(4,5)20(25)26)16(12(3)28-18)13-8-9-14(27-6)11(2)10-13/h8-10H,7H2,1-6H3,(H,25,26). The fourth-order valence-electron chi connectivity index (χ4n) is 3.49. The van der Waals surface area contributed by atoms with Crippen molar-refractivity contribution >= 4 is 27.5 Å². The lowest BCUT2D eigenvalue weighted by molar-refractivity contribution is -0.146. The second-order valence-corrected chi connectivity index (χ2v) is 8.49. The molecule has 1 N–H and O–H groups in total. The number of carbonyl (C=O) groups is 1. The lowest BCUT2D eigenvalue weighted by Crippen LogP contribution is -2.44. The van der Waals surface area contributed by atoms with Crippen molar-refractivity contribution in [3.8, 4) is 16.9 Å². The molecule has 1 aromatic carbocycles. The molecule has 3 aromatic rings. The van der Waals surface area contributed by atoms with E-state index >= 15 is 0 Å². The Morgan fingerprint density at radius 3 is 2.54 bits per heavy atom. The van der Waals surface area contributed by atoms with E-state index in [-0.39, 0.29) is 5.56 Å². The van der Waals surface area contributed by atoms with Crippen LogP contribution in [0.15, 0.2) is 23.0 Å². The minimum Gasteiger partial charge on any atom is -0.496 e. The molecule has 0 saturated carbocycles. The summed E-state index contributed by atoms with van der Waals surface area (Å²) in [5.41, 5.74) is 0.947. The van der Waals surface area contributed by atoms with Crippen molar-refractivity contribution in [1.82, 2.24) is 9.55 Å². The number of ether oxygens (including phenoxy) is 1. The molecule has 0 radical (unpaired) electrons. The molecule has 2 aromatic heterocycles. The van der Waals surface area contributed by atoms with Crippen molar-refractivity contribution in [2.45, 2.75) is 46.6 Å². The van der Waals surface area contributed by atoms with Gasteiger partial charge in [-0.05, 0) is 51.0 Å². The topological polar surface area (TPSA) is 81.4 Å². The highest BCUT2D eigenvalue weighted by Crippen LogP contribution is 2.37. The summed E-state index contributed by atoms with van der Waals surface area (Å²) in [6.07, 6.45) is 0.468. The van der Waals surface area contributed by atoms with Gasteiger partial charge in [0.15, 0.2) is 0 Å². The molecule has 0 saturated heterocycles. The fraction of sp³-hybridized carbons (Fsp3) is 0.381. The Balaban J connectivity index is 2.41. The highest BCUT2D eigenvalue weighted by Gasteiger charge is 2.34. The van der Waals surface area contributed by atoms with Gasteiger partial charge >= 0.3 is 5.97 Å². The number of nitrogens with zero attached hydrogens (tertiary/aromatic N) is 2. The van der Waals surface area contributed by atoms with Gasteiger partial charge in [-0.15, -0.1) is 11.3 Å². The van der Waals surface area contributed by atoms with Crippen LogP contribution in [0.1, 0.15) is 37.0 Å². The first-order valence-electron chi connectivity index (χ1n) is 9.07. The zero-order valence-electron chi connectivity index (χ0n) is 16.9. The second kappa shape index (κ2) is 7.05. The predicted octanol–water partition coefficient (Wildman–Crippen LogP) is 4.13. The first-order chi connectivity index (χ1) is 13.1. The number of benzene rings is 1. The van der Waals surface area contributed by atoms with Gasteiger partial charge in [-0.1, -0.05) is 13.0 Å². The van der Waals surface area contributed by atoms with Crippen LogP contribution in [0.5, 0.6) is 5.75 Å². The Morgan fingerprint density at radius 2 is 2.00 bits per heavy atom. The van der Waals surface area contributed by atoms with Gasteiger partial charge in [0, 0.05) is 16.9 Å². The van der Waals surface area contributed by atoms with Crippen LogP contribution in [0, 0.1) is 13.8 Å². The minimum atomic E-state index is -1.40. The zero-order chi connectivity index (χ0) is 20.8. The van der Waals surface area contributed by atoms with Gasteiger partial charge in [0.2, 0.25) is 0 Å². The largest absolute Gasteiger partial charge is 0.496 e. The van der Waals surface area contributed by atoms with Gasteiger partial charge in [0.25, 0.3) is 5.56 Å². The summed E-state index contributed by atoms with van der Waals surface area (Å²) in [6, 6.07) is 5.77. The van der Waals surface area contributed by atoms with Crippen molar-refractivity contribution in [3.63, 3.8) is 0 Å². The number of hydrogen-bond donors (Lipinski definition) is 1. The summed E-state index contributed by atoms with van der Waals surface area (Å²) in [6.45, 7) is 8.83. The molecule has 3 rings (SSSR count). The third kappa shape index (κ3) is 2.99. The summed E-state index contributed by atoms with van der Waals surface area (Å²) in [7, 11) is 1.62. The van der Waals surface area contributed by atoms with Gasteiger partial charge in [0.1, 0.15) is 21.9 Å². The van der Waals surface area contributed by atoms with Gasteiger partial charge in [-0.25, -0.2) is 9.78 Å². The number of methoxy groups -OCH3 is 1. The van der Waals surface area contributed by atoms with Gasteiger partial charge in [0.05, 0.1) is 12.5 Å². The van der Waals surface area contributed by atoms with E-state index in [0.29, 0.717) is 22.5 Å². The molecule has 28 heavy (non-hydrogen) atoms. The SMILES string of the molecule is CCc1nc2sc(C)c(-c3ccc(OC)c(C)c3)c2c(=O)n1C(C)(C)C(=O)O. The maximum atomic E-state index is 13.5. The summed E-state index contributed by atoms with van der Waals surface area (Å²) in [5.74, 6) is 0.180. The Morgan fingerprint density at radius 1 is 1.32 bits per heavy atom. The first-order valence-corrected chi connectivity index (χ1v) is 9.89. The van der Waals surface area contributed by atoms with E-state index in [0.717, 1.165) is 27.3 Å². The van der Waals surface area contributed by atoms with Crippen molar-refractivity contribution < 1.29 is 14.6 Å². The van der Waals surface area contributed by atoms with Crippen molar-refractivity contribution in [1.29, 1.82) is 0 Å². The number of carboxylic acids is 1. The Kier molecular flexibility index (Phi) is 5.06. The van der Waals surface area contributed by atoms with Crippen LogP contribution in [0.25, 0.3) is 21.3 Å². The third-order valence-corrected chi connectivity index (χ3v) is 6.05. The highest BCUT2D eigenvalue weighted by molar-refractivity contribution is 7.19. The smallest absolute Gasteiger partial charge is 0.329 e. The number of aromatic nitrogens is 2. The number of rotatable bonds is 5. The van der Waals surface area contributed by atoms with Crippen LogP contribution in [0.3, 0.4) is 0 Å². The molecule has 148 valence electrons. The van der Waals surface area contributed by atoms with Crippen LogP contribution in [-0.4, -0.2) is 27.7 Å². The normalized spacial score (nSPS) is 11.8. The maximum absolute atomic E-state index is 13.5. The van der Waals surface area contributed by atoms with Crippen LogP contribution in [-0.2, 0) is 16.8 Å². The third-order valence-electron chi connectivity index (χ3n) is 5.05. The summed E-state index contributed by atoms with van der Waals surface area (Å²) >= 11 is 1.46. The molecule has 6 nitrogen and oxygen atoms in total. The lowest BCUT2D eigenvalue weighted by atomic mass is 10.00. The summed E-state index contributed by atoms with van der Waals surface area (Å²) in [4.78, 5) is 31.6. The van der Waals surface area contributed by atoms with E-state index in [4.69, 9.17) is 4.74 Å². The second-order valence-electron chi connectivity index (χ2n) is 7.28. The Hall–Kier alpha value is -2.67. The summed E-state index contributed by atoms with van der Waals surface area (Å²) in [5, 5.41) is 10.2. The molecular formula is C21H24N2O4S. The molecule has 0 spiro atoms. The molecule has 7 heteroatoms. The monoisotopic (exact) mass is 400 g/mol. The van der Waals surface area contributed by atoms with Crippen LogP contribution in [0.2, 0.25) is 0 Å². The maximum Gasteiger partial charge on any atom is 0.329 e. The van der Waals surface area contributed by atoms with Crippen LogP contribution >= 0.6 is 11.3 Å². The molecule has 0 fully saturated rings. The van der Waals surface area contributed by atoms with E-state index in [1.54, 1.807) is 7.11 Å². The number of aryl methyl sites for hydroxylation is 3. The van der Waals surface area contributed by atoms with E-state index in [9.17, 15) is 14.7 Å². The molecule has 0 aliphatic carbocycles. The number of thiophene rings is 1. The molecule has 0 amide bonds. The molecular weight excluding hydrogens is 376 g/mol. The fourth-order valence-corrected chi connectivity index (χ4v) is 4.55. The van der Waals surface area contributed by atoms with Gasteiger partial charge < -0.3 is 9.84 Å². The zero-order valence-corrected chi connectivity index (χ0v) is 17.7. The molecule has 0 unspecified atom stereocenters. The quantitative estimate of drug-likeness (QED) is 0.696.